The second-order valence-corrected chi connectivity index (χ2v) is 8.01. The van der Waals surface area contributed by atoms with Crippen LogP contribution in [0.15, 0.2) is 46.0 Å². The van der Waals surface area contributed by atoms with Gasteiger partial charge in [0.15, 0.2) is 10.8 Å². The van der Waals surface area contributed by atoms with Crippen LogP contribution in [0, 0.1) is 5.82 Å². The minimum absolute atomic E-state index is 0.327. The van der Waals surface area contributed by atoms with E-state index >= 15 is 0 Å². The number of benzene rings is 1. The third-order valence-corrected chi connectivity index (χ3v) is 5.96. The lowest BCUT2D eigenvalue weighted by Crippen LogP contribution is -2.43. The minimum Gasteiger partial charge on any atom is -0.466 e. The maximum absolute atomic E-state index is 13.7. The molecule has 1 aromatic heterocycles. The molecule has 10 heteroatoms. The van der Waals surface area contributed by atoms with E-state index < -0.39 is 12.0 Å². The number of rotatable bonds is 5. The third kappa shape index (κ3) is 4.30. The summed E-state index contributed by atoms with van der Waals surface area (Å²) < 4.78 is 24.3. The van der Waals surface area contributed by atoms with Crippen LogP contribution in [0.4, 0.5) is 4.39 Å². The molecule has 1 aromatic carbocycles. The SMILES string of the molecule is Bc1cc(F)ccc1C1N=C(c2nccs2)NC(CN2CCOCC2)=C1C(=O)OC. The monoisotopic (exact) mass is 428 g/mol. The van der Waals surface area contributed by atoms with Gasteiger partial charge in [-0.2, -0.15) is 0 Å². The number of carbonyl (C=O) groups is 1. The van der Waals surface area contributed by atoms with E-state index in [2.05, 4.69) is 15.2 Å². The number of aliphatic imine (C=N–C) groups is 1. The zero-order chi connectivity index (χ0) is 21.1. The van der Waals surface area contributed by atoms with Crippen molar-refractivity contribution < 1.29 is 18.7 Å². The molecular formula is C20H22BFN4O3S. The first-order valence-corrected chi connectivity index (χ1v) is 10.6. The molecule has 7 nitrogen and oxygen atoms in total. The van der Waals surface area contributed by atoms with Gasteiger partial charge in [-0.25, -0.2) is 14.2 Å². The summed E-state index contributed by atoms with van der Waals surface area (Å²) in [5.74, 6) is -0.192. The number of carbonyl (C=O) groups excluding carboxylic acids is 1. The van der Waals surface area contributed by atoms with Crippen LogP contribution in [-0.4, -0.2) is 69.5 Å². The van der Waals surface area contributed by atoms with Crippen molar-refractivity contribution in [2.75, 3.05) is 40.0 Å². The lowest BCUT2D eigenvalue weighted by molar-refractivity contribution is -0.136. The van der Waals surface area contributed by atoms with Crippen molar-refractivity contribution in [1.29, 1.82) is 0 Å². The molecular weight excluding hydrogens is 406 g/mol. The molecule has 30 heavy (non-hydrogen) atoms. The molecule has 2 aliphatic heterocycles. The quantitative estimate of drug-likeness (QED) is 0.549. The summed E-state index contributed by atoms with van der Waals surface area (Å²) >= 11 is 1.46. The van der Waals surface area contributed by atoms with Gasteiger partial charge in [0.2, 0.25) is 0 Å². The molecule has 0 radical (unpaired) electrons. The number of morpholine rings is 1. The molecule has 1 unspecified atom stereocenters. The zero-order valence-corrected chi connectivity index (χ0v) is 17.7. The van der Waals surface area contributed by atoms with Gasteiger partial charge < -0.3 is 14.8 Å². The highest BCUT2D eigenvalue weighted by molar-refractivity contribution is 7.11. The lowest BCUT2D eigenvalue weighted by Gasteiger charge is -2.32. The van der Waals surface area contributed by atoms with Gasteiger partial charge in [0.05, 0.1) is 25.9 Å². The molecule has 0 saturated carbocycles. The van der Waals surface area contributed by atoms with Crippen LogP contribution in [0.25, 0.3) is 0 Å². The van der Waals surface area contributed by atoms with E-state index in [0.717, 1.165) is 34.8 Å². The van der Waals surface area contributed by atoms with Crippen LogP contribution in [0.3, 0.4) is 0 Å². The molecule has 0 bridgehead atoms. The van der Waals surface area contributed by atoms with Gasteiger partial charge in [-0.3, -0.25) is 9.89 Å². The van der Waals surface area contributed by atoms with Crippen molar-refractivity contribution in [2.45, 2.75) is 6.04 Å². The third-order valence-electron chi connectivity index (χ3n) is 5.18. The molecule has 1 fully saturated rings. The second-order valence-electron chi connectivity index (χ2n) is 7.12. The van der Waals surface area contributed by atoms with E-state index in [4.69, 9.17) is 14.5 Å². The summed E-state index contributed by atoms with van der Waals surface area (Å²) in [4.78, 5) is 24.2. The summed E-state index contributed by atoms with van der Waals surface area (Å²) in [5, 5.41) is 5.92. The van der Waals surface area contributed by atoms with Crippen molar-refractivity contribution >= 4 is 36.5 Å². The molecule has 156 valence electrons. The van der Waals surface area contributed by atoms with Crippen molar-refractivity contribution in [3.8, 4) is 0 Å². The van der Waals surface area contributed by atoms with Gasteiger partial charge in [0.25, 0.3) is 0 Å². The summed E-state index contributed by atoms with van der Waals surface area (Å²) in [5.41, 5.74) is 2.62. The largest absolute Gasteiger partial charge is 0.466 e. The maximum atomic E-state index is 13.7. The molecule has 1 atom stereocenters. The molecule has 2 aliphatic rings. The Bertz CT molecular complexity index is 990. The highest BCUT2D eigenvalue weighted by Gasteiger charge is 2.34. The van der Waals surface area contributed by atoms with Crippen LogP contribution in [0.1, 0.15) is 16.6 Å². The average Bonchev–Trinajstić information content (AvgIpc) is 3.28. The fraction of sp³-hybridized carbons (Fsp3) is 0.350. The van der Waals surface area contributed by atoms with Crippen molar-refractivity contribution in [2.24, 2.45) is 4.99 Å². The Labute approximate surface area is 179 Å². The zero-order valence-electron chi connectivity index (χ0n) is 16.9. The van der Waals surface area contributed by atoms with Crippen LogP contribution in [0.5, 0.6) is 0 Å². The van der Waals surface area contributed by atoms with Crippen LogP contribution < -0.4 is 10.8 Å². The molecule has 0 spiro atoms. The number of amidine groups is 1. The maximum Gasteiger partial charge on any atom is 0.338 e. The number of esters is 1. The Morgan fingerprint density at radius 2 is 2.23 bits per heavy atom. The van der Waals surface area contributed by atoms with Gasteiger partial charge in [0.1, 0.15) is 19.7 Å². The average molecular weight is 428 g/mol. The standard InChI is InChI=1S/C20H22BFN4O3S/c1-28-20(27)16-15(11-26-5-7-29-8-6-26)24-18(19-23-4-9-30-19)25-17(16)13-3-2-12(22)10-14(13)21/h2-4,9-10,17H,5-8,11,21H2,1H3,(H,24,25). The summed E-state index contributed by atoms with van der Waals surface area (Å²) in [6, 6.07) is 3.90. The normalized spacial score (nSPS) is 19.9. The number of nitrogens with zero attached hydrogens (tertiary/aromatic N) is 3. The van der Waals surface area contributed by atoms with Crippen LogP contribution in [-0.2, 0) is 14.3 Å². The predicted octanol–water partition coefficient (Wildman–Crippen LogP) is 0.391. The van der Waals surface area contributed by atoms with Crippen LogP contribution in [0.2, 0.25) is 0 Å². The van der Waals surface area contributed by atoms with E-state index in [-0.39, 0.29) is 5.82 Å². The number of nitrogens with one attached hydrogen (secondary N) is 1. The highest BCUT2D eigenvalue weighted by atomic mass is 32.1. The molecule has 3 heterocycles. The Kier molecular flexibility index (Phi) is 6.26. The molecule has 0 amide bonds. The fourth-order valence-electron chi connectivity index (χ4n) is 3.67. The van der Waals surface area contributed by atoms with Gasteiger partial charge in [-0.05, 0) is 17.7 Å². The summed E-state index contributed by atoms with van der Waals surface area (Å²) in [7, 11) is 3.17. The first kappa shape index (κ1) is 20.7. The minimum atomic E-state index is -0.616. The number of hydrogen-bond donors (Lipinski definition) is 1. The number of ether oxygens (including phenoxy) is 2. The number of halogens is 1. The number of hydrogen-bond acceptors (Lipinski definition) is 8. The molecule has 1 N–H and O–H groups in total. The van der Waals surface area contributed by atoms with E-state index in [0.29, 0.717) is 31.2 Å². The number of thiazole rings is 1. The number of aromatic nitrogens is 1. The molecule has 4 rings (SSSR count). The summed E-state index contributed by atoms with van der Waals surface area (Å²) in [6.07, 6.45) is 1.71. The molecule has 2 aromatic rings. The first-order chi connectivity index (χ1) is 14.6. The fourth-order valence-corrected chi connectivity index (χ4v) is 4.26. The van der Waals surface area contributed by atoms with E-state index in [1.54, 1.807) is 12.3 Å². The van der Waals surface area contributed by atoms with E-state index in [9.17, 15) is 9.18 Å². The Hall–Kier alpha value is -2.56. The van der Waals surface area contributed by atoms with Crippen molar-refractivity contribution in [3.05, 3.63) is 57.4 Å². The Morgan fingerprint density at radius 1 is 1.43 bits per heavy atom. The second kappa shape index (κ2) is 9.07. The Balaban J connectivity index is 1.81. The van der Waals surface area contributed by atoms with Gasteiger partial charge in [0, 0.05) is 36.9 Å². The van der Waals surface area contributed by atoms with Crippen LogP contribution >= 0.6 is 11.3 Å². The van der Waals surface area contributed by atoms with Crippen molar-refractivity contribution in [1.82, 2.24) is 15.2 Å². The first-order valence-electron chi connectivity index (χ1n) is 9.69. The highest BCUT2D eigenvalue weighted by Crippen LogP contribution is 2.32. The predicted molar refractivity (Wildman–Crippen MR) is 115 cm³/mol. The number of methoxy groups -OCH3 is 1. The lowest BCUT2D eigenvalue weighted by atomic mass is 9.83. The van der Waals surface area contributed by atoms with Gasteiger partial charge in [-0.1, -0.05) is 11.5 Å². The van der Waals surface area contributed by atoms with Gasteiger partial charge >= 0.3 is 5.97 Å². The summed E-state index contributed by atoms with van der Waals surface area (Å²) in [6.45, 7) is 3.35. The van der Waals surface area contributed by atoms with Gasteiger partial charge in [-0.15, -0.1) is 11.3 Å². The molecule has 0 aliphatic carbocycles. The van der Waals surface area contributed by atoms with E-state index in [1.165, 1.54) is 30.6 Å². The van der Waals surface area contributed by atoms with E-state index in [1.807, 2.05) is 13.2 Å². The Morgan fingerprint density at radius 3 is 2.90 bits per heavy atom. The van der Waals surface area contributed by atoms with Crippen molar-refractivity contribution in [3.63, 3.8) is 0 Å². The smallest absolute Gasteiger partial charge is 0.338 e. The topological polar surface area (TPSA) is 76.0 Å². The molecule has 1 saturated heterocycles.